The first-order chi connectivity index (χ1) is 13.5. The Bertz CT molecular complexity index is 858. The van der Waals surface area contributed by atoms with Crippen molar-refractivity contribution in [2.45, 2.75) is 39.8 Å². The predicted octanol–water partition coefficient (Wildman–Crippen LogP) is 2.63. The minimum absolute atomic E-state index is 0.139. The summed E-state index contributed by atoms with van der Waals surface area (Å²) in [5.41, 5.74) is 4.61. The van der Waals surface area contributed by atoms with E-state index in [1.807, 2.05) is 23.7 Å². The van der Waals surface area contributed by atoms with Crippen molar-refractivity contribution in [3.05, 3.63) is 46.8 Å². The van der Waals surface area contributed by atoms with Crippen molar-refractivity contribution >= 4 is 5.91 Å². The van der Waals surface area contributed by atoms with Crippen LogP contribution in [0.1, 0.15) is 35.0 Å². The highest BCUT2D eigenvalue weighted by atomic mass is 16.5. The number of hydrogen-bond acceptors (Lipinski definition) is 4. The fourth-order valence-corrected chi connectivity index (χ4v) is 4.75. The second kappa shape index (κ2) is 7.59. The molecule has 0 bridgehead atoms. The lowest BCUT2D eigenvalue weighted by Gasteiger charge is -2.28. The van der Waals surface area contributed by atoms with E-state index < -0.39 is 0 Å². The van der Waals surface area contributed by atoms with E-state index in [1.54, 1.807) is 7.11 Å². The van der Waals surface area contributed by atoms with Crippen LogP contribution in [0.5, 0.6) is 5.75 Å². The van der Waals surface area contributed by atoms with Gasteiger partial charge in [-0.1, -0.05) is 12.1 Å². The Hall–Kier alpha value is -2.34. The molecule has 150 valence electrons. The summed E-state index contributed by atoms with van der Waals surface area (Å²) in [6.07, 6.45) is 0.487. The Kier molecular flexibility index (Phi) is 5.15. The number of likely N-dealkylation sites (tertiary alicyclic amines) is 1. The Labute approximate surface area is 166 Å². The topological polar surface area (TPSA) is 59.4 Å². The number of nitrogens with zero attached hydrogens (tertiary/aromatic N) is 3. The molecule has 0 spiro atoms. The zero-order chi connectivity index (χ0) is 19.8. The lowest BCUT2D eigenvalue weighted by Crippen LogP contribution is -2.35. The van der Waals surface area contributed by atoms with Gasteiger partial charge in [-0.05, 0) is 49.9 Å². The molecule has 1 aromatic carbocycles. The zero-order valence-corrected chi connectivity index (χ0v) is 17.2. The van der Waals surface area contributed by atoms with Gasteiger partial charge in [0, 0.05) is 44.2 Å². The van der Waals surface area contributed by atoms with Crippen molar-refractivity contribution in [2.75, 3.05) is 26.7 Å². The molecule has 6 nitrogen and oxygen atoms in total. The number of methoxy groups -OCH3 is 1. The first kappa shape index (κ1) is 19.0. The average Bonchev–Trinajstić information content (AvgIpc) is 3.36. The molecule has 0 radical (unpaired) electrons. The third-order valence-electron chi connectivity index (χ3n) is 6.62. The number of carbonyl (C=O) groups is 1. The first-order valence-corrected chi connectivity index (χ1v) is 10.1. The molecule has 1 aromatic heterocycles. The van der Waals surface area contributed by atoms with Gasteiger partial charge >= 0.3 is 0 Å². The van der Waals surface area contributed by atoms with Crippen molar-refractivity contribution in [3.8, 4) is 5.75 Å². The molecule has 28 heavy (non-hydrogen) atoms. The average molecular weight is 383 g/mol. The Balaban J connectivity index is 1.52. The lowest BCUT2D eigenvalue weighted by atomic mass is 9.89. The maximum absolute atomic E-state index is 13.2. The Morgan fingerprint density at radius 1 is 1.21 bits per heavy atom. The lowest BCUT2D eigenvalue weighted by molar-refractivity contribution is -0.133. The maximum Gasteiger partial charge on any atom is 0.224 e. The molecule has 3 heterocycles. The number of aryl methyl sites for hydroxylation is 2. The summed E-state index contributed by atoms with van der Waals surface area (Å²) >= 11 is 0. The summed E-state index contributed by atoms with van der Waals surface area (Å²) in [6, 6.07) is 8.34. The number of rotatable bonds is 5. The molecule has 6 heteroatoms. The van der Waals surface area contributed by atoms with Gasteiger partial charge in [-0.25, -0.2) is 0 Å². The number of hydrogen-bond donors (Lipinski definition) is 1. The molecule has 3 atom stereocenters. The van der Waals surface area contributed by atoms with Crippen LogP contribution in [0.4, 0.5) is 0 Å². The van der Waals surface area contributed by atoms with Crippen LogP contribution in [0.3, 0.4) is 0 Å². The highest BCUT2D eigenvalue weighted by Crippen LogP contribution is 2.43. The molecule has 4 rings (SSSR count). The van der Waals surface area contributed by atoms with Crippen LogP contribution in [0.15, 0.2) is 24.3 Å². The summed E-state index contributed by atoms with van der Waals surface area (Å²) in [5, 5.41) is 8.09. The molecule has 2 aromatic rings. The van der Waals surface area contributed by atoms with Crippen molar-refractivity contribution in [1.82, 2.24) is 20.0 Å². The number of nitrogens with one attached hydrogen (secondary N) is 1. The van der Waals surface area contributed by atoms with Crippen LogP contribution in [0.2, 0.25) is 0 Å². The van der Waals surface area contributed by atoms with Gasteiger partial charge in [-0.3, -0.25) is 9.48 Å². The molecule has 2 saturated heterocycles. The van der Waals surface area contributed by atoms with Gasteiger partial charge in [0.2, 0.25) is 5.91 Å². The summed E-state index contributed by atoms with van der Waals surface area (Å²) in [4.78, 5) is 15.3. The van der Waals surface area contributed by atoms with E-state index in [1.165, 1.54) is 11.1 Å². The zero-order valence-electron chi connectivity index (χ0n) is 17.2. The van der Waals surface area contributed by atoms with Crippen LogP contribution in [-0.4, -0.2) is 47.3 Å². The van der Waals surface area contributed by atoms with E-state index in [4.69, 9.17) is 4.74 Å². The molecular weight excluding hydrogens is 352 g/mol. The van der Waals surface area contributed by atoms with E-state index in [9.17, 15) is 4.79 Å². The quantitative estimate of drug-likeness (QED) is 0.864. The molecule has 2 aliphatic heterocycles. The van der Waals surface area contributed by atoms with Crippen LogP contribution >= 0.6 is 0 Å². The first-order valence-electron chi connectivity index (χ1n) is 10.1. The number of aromatic nitrogens is 2. The molecule has 0 unspecified atom stereocenters. The monoisotopic (exact) mass is 382 g/mol. The molecule has 1 amide bonds. The molecular formula is C22H30N4O2. The van der Waals surface area contributed by atoms with Crippen LogP contribution in [0.25, 0.3) is 0 Å². The van der Waals surface area contributed by atoms with E-state index in [0.29, 0.717) is 24.8 Å². The summed E-state index contributed by atoms with van der Waals surface area (Å²) in [5.74, 6) is 2.08. The molecule has 2 aliphatic rings. The third kappa shape index (κ3) is 3.30. The van der Waals surface area contributed by atoms with Crippen molar-refractivity contribution in [1.29, 1.82) is 0 Å². The van der Waals surface area contributed by atoms with E-state index in [2.05, 4.69) is 41.3 Å². The second-order valence-electron chi connectivity index (χ2n) is 8.12. The number of amides is 1. The molecule has 0 saturated carbocycles. The molecule has 0 aliphatic carbocycles. The standard InChI is InChI=1S/C22H30N4O2/c1-14-15(2)24-26(16(14)3)10-9-21(27)25-13-18-11-23-12-20(18)22(25)17-5-7-19(28-4)8-6-17/h5-8,18,20,22-23H,9-13H2,1-4H3/t18-,20-,22-/m0/s1. The van der Waals surface area contributed by atoms with E-state index in [-0.39, 0.29) is 11.9 Å². The fraction of sp³-hybridized carbons (Fsp3) is 0.545. The summed E-state index contributed by atoms with van der Waals surface area (Å²) < 4.78 is 7.28. The summed E-state index contributed by atoms with van der Waals surface area (Å²) in [6.45, 7) is 9.63. The number of ether oxygens (including phenoxy) is 1. The normalized spacial score (nSPS) is 23.9. The van der Waals surface area contributed by atoms with Gasteiger partial charge in [0.1, 0.15) is 5.75 Å². The summed E-state index contributed by atoms with van der Waals surface area (Å²) in [7, 11) is 1.68. The Morgan fingerprint density at radius 2 is 1.96 bits per heavy atom. The number of carbonyl (C=O) groups excluding carboxylic acids is 1. The molecule has 1 N–H and O–H groups in total. The minimum atomic E-state index is 0.139. The second-order valence-corrected chi connectivity index (χ2v) is 8.12. The van der Waals surface area contributed by atoms with Gasteiger partial charge in [0.05, 0.1) is 18.8 Å². The SMILES string of the molecule is COc1ccc([C@H]2[C@H]3CNC[C@H]3CN2C(=O)CCn2nc(C)c(C)c2C)cc1. The van der Waals surface area contributed by atoms with Gasteiger partial charge in [-0.15, -0.1) is 0 Å². The largest absolute Gasteiger partial charge is 0.497 e. The van der Waals surface area contributed by atoms with Gasteiger partial charge < -0.3 is 15.0 Å². The van der Waals surface area contributed by atoms with Crippen LogP contribution < -0.4 is 10.1 Å². The smallest absolute Gasteiger partial charge is 0.224 e. The van der Waals surface area contributed by atoms with Crippen LogP contribution in [0, 0.1) is 32.6 Å². The fourth-order valence-electron chi connectivity index (χ4n) is 4.75. The minimum Gasteiger partial charge on any atom is -0.497 e. The molecule has 2 fully saturated rings. The number of fused-ring (bicyclic) bond motifs is 1. The van der Waals surface area contributed by atoms with Gasteiger partial charge in [0.15, 0.2) is 0 Å². The van der Waals surface area contributed by atoms with E-state index in [0.717, 1.165) is 36.8 Å². The van der Waals surface area contributed by atoms with Crippen molar-refractivity contribution < 1.29 is 9.53 Å². The van der Waals surface area contributed by atoms with Crippen molar-refractivity contribution in [3.63, 3.8) is 0 Å². The highest BCUT2D eigenvalue weighted by Gasteiger charge is 2.46. The highest BCUT2D eigenvalue weighted by molar-refractivity contribution is 5.77. The van der Waals surface area contributed by atoms with Crippen LogP contribution in [-0.2, 0) is 11.3 Å². The van der Waals surface area contributed by atoms with Crippen molar-refractivity contribution in [2.24, 2.45) is 11.8 Å². The van der Waals surface area contributed by atoms with E-state index >= 15 is 0 Å². The number of benzene rings is 1. The maximum atomic E-state index is 13.2. The van der Waals surface area contributed by atoms with Gasteiger partial charge in [0.25, 0.3) is 0 Å². The Morgan fingerprint density at radius 3 is 2.61 bits per heavy atom. The predicted molar refractivity (Wildman–Crippen MR) is 108 cm³/mol. The van der Waals surface area contributed by atoms with Gasteiger partial charge in [-0.2, -0.15) is 5.10 Å². The third-order valence-corrected chi connectivity index (χ3v) is 6.62.